The molecule has 0 saturated carbocycles. The van der Waals surface area contributed by atoms with Crippen molar-refractivity contribution in [3.8, 4) is 12.3 Å². The molecule has 0 fully saturated rings. The van der Waals surface area contributed by atoms with Gasteiger partial charge in [0, 0.05) is 5.56 Å². The number of hydrogen-bond donors (Lipinski definition) is 0. The van der Waals surface area contributed by atoms with E-state index >= 15 is 0 Å². The Kier molecular flexibility index (Phi) is 4.00. The Morgan fingerprint density at radius 1 is 0.682 bits per heavy atom. The van der Waals surface area contributed by atoms with Crippen molar-refractivity contribution in [3.63, 3.8) is 0 Å². The van der Waals surface area contributed by atoms with E-state index < -0.39 is 4.87 Å². The minimum absolute atomic E-state index is 0.800. The fraction of sp³-hybridized carbons (Fsp3) is 0.0476. The SMILES string of the molecule is C#Cc1ccccc1C(Cl)(c1ccccc1)c1ccccc1. The van der Waals surface area contributed by atoms with Crippen LogP contribution in [0.2, 0.25) is 0 Å². The molecule has 0 aliphatic rings. The number of halogens is 1. The molecule has 0 unspecified atom stereocenters. The second-order valence-corrected chi connectivity index (χ2v) is 5.65. The first-order valence-electron chi connectivity index (χ1n) is 7.13. The van der Waals surface area contributed by atoms with Gasteiger partial charge in [-0.1, -0.05) is 84.8 Å². The molecular weight excluding hydrogens is 288 g/mol. The summed E-state index contributed by atoms with van der Waals surface area (Å²) in [6.07, 6.45) is 5.69. The van der Waals surface area contributed by atoms with Gasteiger partial charge in [-0.05, 0) is 22.8 Å². The maximum atomic E-state index is 7.20. The normalized spacial score (nSPS) is 10.9. The smallest absolute Gasteiger partial charge is 0.115 e. The molecular formula is C21H15Cl. The third-order valence-corrected chi connectivity index (χ3v) is 4.44. The lowest BCUT2D eigenvalue weighted by atomic mass is 9.82. The summed E-state index contributed by atoms with van der Waals surface area (Å²) in [6, 6.07) is 27.9. The summed E-state index contributed by atoms with van der Waals surface area (Å²) < 4.78 is 0. The molecule has 0 aromatic heterocycles. The van der Waals surface area contributed by atoms with Crippen LogP contribution >= 0.6 is 11.6 Å². The van der Waals surface area contributed by atoms with E-state index in [1.807, 2.05) is 84.9 Å². The fourth-order valence-electron chi connectivity index (χ4n) is 2.72. The van der Waals surface area contributed by atoms with Crippen molar-refractivity contribution in [1.29, 1.82) is 0 Å². The Morgan fingerprint density at radius 3 is 1.64 bits per heavy atom. The Morgan fingerprint density at radius 2 is 1.14 bits per heavy atom. The second kappa shape index (κ2) is 6.10. The molecule has 106 valence electrons. The average molecular weight is 303 g/mol. The van der Waals surface area contributed by atoms with E-state index in [1.165, 1.54) is 0 Å². The number of hydrogen-bond acceptors (Lipinski definition) is 0. The molecule has 0 atom stereocenters. The highest BCUT2D eigenvalue weighted by Crippen LogP contribution is 2.44. The van der Waals surface area contributed by atoms with Crippen molar-refractivity contribution in [3.05, 3.63) is 107 Å². The van der Waals surface area contributed by atoms with Gasteiger partial charge in [-0.3, -0.25) is 0 Å². The largest absolute Gasteiger partial charge is 0.121 e. The van der Waals surface area contributed by atoms with Gasteiger partial charge in [-0.25, -0.2) is 0 Å². The topological polar surface area (TPSA) is 0 Å². The summed E-state index contributed by atoms with van der Waals surface area (Å²) in [4.78, 5) is -0.800. The minimum Gasteiger partial charge on any atom is -0.115 e. The molecule has 0 aliphatic carbocycles. The molecule has 0 amide bonds. The third-order valence-electron chi connectivity index (χ3n) is 3.80. The fourth-order valence-corrected chi connectivity index (χ4v) is 3.14. The van der Waals surface area contributed by atoms with E-state index in [2.05, 4.69) is 5.92 Å². The lowest BCUT2D eigenvalue weighted by Crippen LogP contribution is -2.23. The van der Waals surface area contributed by atoms with Crippen LogP contribution in [-0.2, 0) is 4.87 Å². The molecule has 0 heterocycles. The Hall–Kier alpha value is -2.49. The van der Waals surface area contributed by atoms with Gasteiger partial charge < -0.3 is 0 Å². The van der Waals surface area contributed by atoms with E-state index in [9.17, 15) is 0 Å². The van der Waals surface area contributed by atoms with Crippen molar-refractivity contribution in [2.45, 2.75) is 4.87 Å². The summed E-state index contributed by atoms with van der Waals surface area (Å²) >= 11 is 7.20. The van der Waals surface area contributed by atoms with Crippen LogP contribution in [0.5, 0.6) is 0 Å². The van der Waals surface area contributed by atoms with Gasteiger partial charge in [0.05, 0.1) is 0 Å². The summed E-state index contributed by atoms with van der Waals surface area (Å²) in [5.74, 6) is 2.76. The second-order valence-electron chi connectivity index (χ2n) is 5.08. The predicted octanol–water partition coefficient (Wildman–Crippen LogP) is 5.20. The first kappa shape index (κ1) is 14.4. The van der Waals surface area contributed by atoms with Gasteiger partial charge in [0.2, 0.25) is 0 Å². The Bertz CT molecular complexity index is 759. The zero-order chi connectivity index (χ0) is 15.4. The van der Waals surface area contributed by atoms with Gasteiger partial charge in [-0.2, -0.15) is 0 Å². The highest BCUT2D eigenvalue weighted by Gasteiger charge is 2.35. The van der Waals surface area contributed by atoms with Crippen LogP contribution < -0.4 is 0 Å². The molecule has 3 rings (SSSR count). The Labute approximate surface area is 136 Å². The van der Waals surface area contributed by atoms with E-state index in [-0.39, 0.29) is 0 Å². The lowest BCUT2D eigenvalue weighted by Gasteiger charge is -2.30. The molecule has 0 saturated heterocycles. The van der Waals surface area contributed by atoms with Crippen LogP contribution in [0.25, 0.3) is 0 Å². The number of benzene rings is 3. The van der Waals surface area contributed by atoms with E-state index in [1.54, 1.807) is 0 Å². The predicted molar refractivity (Wildman–Crippen MR) is 93.0 cm³/mol. The summed E-state index contributed by atoms with van der Waals surface area (Å²) in [5.41, 5.74) is 3.75. The third kappa shape index (κ3) is 2.41. The van der Waals surface area contributed by atoms with Crippen molar-refractivity contribution in [2.75, 3.05) is 0 Å². The van der Waals surface area contributed by atoms with Gasteiger partial charge in [0.15, 0.2) is 0 Å². The summed E-state index contributed by atoms with van der Waals surface area (Å²) in [6.45, 7) is 0. The summed E-state index contributed by atoms with van der Waals surface area (Å²) in [7, 11) is 0. The van der Waals surface area contributed by atoms with Crippen LogP contribution in [0.15, 0.2) is 84.9 Å². The molecule has 0 nitrogen and oxygen atoms in total. The quantitative estimate of drug-likeness (QED) is 0.354. The van der Waals surface area contributed by atoms with Crippen molar-refractivity contribution in [1.82, 2.24) is 0 Å². The molecule has 22 heavy (non-hydrogen) atoms. The van der Waals surface area contributed by atoms with Crippen LogP contribution in [0.4, 0.5) is 0 Å². The maximum Gasteiger partial charge on any atom is 0.121 e. The standard InChI is InChI=1S/C21H15Cl/c1-2-17-11-9-10-16-20(17)21(22,18-12-5-3-6-13-18)19-14-7-4-8-15-19/h1,3-16H. The van der Waals surface area contributed by atoms with Crippen LogP contribution in [-0.4, -0.2) is 0 Å². The molecule has 0 N–H and O–H groups in total. The van der Waals surface area contributed by atoms with Crippen molar-refractivity contribution < 1.29 is 0 Å². The number of rotatable bonds is 3. The summed E-state index contributed by atoms with van der Waals surface area (Å²) in [5, 5.41) is 0. The van der Waals surface area contributed by atoms with Crippen molar-refractivity contribution in [2.24, 2.45) is 0 Å². The first-order chi connectivity index (χ1) is 10.8. The zero-order valence-electron chi connectivity index (χ0n) is 12.0. The minimum atomic E-state index is -0.800. The molecule has 3 aromatic carbocycles. The highest BCUT2D eigenvalue weighted by molar-refractivity contribution is 6.28. The highest BCUT2D eigenvalue weighted by atomic mass is 35.5. The number of terminal acetylenes is 1. The van der Waals surface area contributed by atoms with Crippen LogP contribution in [0.1, 0.15) is 22.3 Å². The van der Waals surface area contributed by atoms with Crippen molar-refractivity contribution >= 4 is 11.6 Å². The first-order valence-corrected chi connectivity index (χ1v) is 7.50. The molecule has 0 spiro atoms. The van der Waals surface area contributed by atoms with Crippen LogP contribution in [0.3, 0.4) is 0 Å². The van der Waals surface area contributed by atoms with Gasteiger partial charge in [0.25, 0.3) is 0 Å². The van der Waals surface area contributed by atoms with E-state index in [0.29, 0.717) is 0 Å². The van der Waals surface area contributed by atoms with E-state index in [0.717, 1.165) is 22.3 Å². The molecule has 0 aliphatic heterocycles. The molecule has 3 aromatic rings. The molecule has 1 heteroatoms. The van der Waals surface area contributed by atoms with Gasteiger partial charge in [0.1, 0.15) is 4.87 Å². The van der Waals surface area contributed by atoms with Gasteiger partial charge in [-0.15, -0.1) is 18.0 Å². The lowest BCUT2D eigenvalue weighted by molar-refractivity contribution is 0.876. The Balaban J connectivity index is 2.32. The van der Waals surface area contributed by atoms with E-state index in [4.69, 9.17) is 18.0 Å². The average Bonchev–Trinajstić information content (AvgIpc) is 2.62. The zero-order valence-corrected chi connectivity index (χ0v) is 12.8. The van der Waals surface area contributed by atoms with Crippen LogP contribution in [0, 0.1) is 12.3 Å². The molecule has 0 radical (unpaired) electrons. The molecule has 0 bridgehead atoms. The number of alkyl halides is 1. The monoisotopic (exact) mass is 302 g/mol. The van der Waals surface area contributed by atoms with Gasteiger partial charge >= 0.3 is 0 Å². The maximum absolute atomic E-state index is 7.20.